The van der Waals surface area contributed by atoms with Gasteiger partial charge in [-0.05, 0) is 31.9 Å². The van der Waals surface area contributed by atoms with Crippen molar-refractivity contribution in [2.75, 3.05) is 39.3 Å². The van der Waals surface area contributed by atoms with E-state index in [1.165, 1.54) is 4.31 Å². The minimum absolute atomic E-state index is 0. The number of halogens is 1. The molecule has 0 aromatic heterocycles. The summed E-state index contributed by atoms with van der Waals surface area (Å²) in [5.41, 5.74) is 0. The normalized spacial score (nSPS) is 22.0. The van der Waals surface area contributed by atoms with E-state index in [9.17, 15) is 13.2 Å². The molecule has 2 aliphatic heterocycles. The Balaban J connectivity index is 0.00000243. The maximum Gasteiger partial charge on any atom is 0.243 e. The summed E-state index contributed by atoms with van der Waals surface area (Å²) < 4.78 is 32.9. The molecule has 9 heteroatoms. The zero-order valence-corrected chi connectivity index (χ0v) is 16.5. The van der Waals surface area contributed by atoms with Crippen LogP contribution in [0.15, 0.2) is 29.2 Å². The summed E-state index contributed by atoms with van der Waals surface area (Å²) in [6.07, 6.45) is 1.60. The third kappa shape index (κ3) is 4.49. The molecular formula is C17H26ClN3O4S. The summed E-state index contributed by atoms with van der Waals surface area (Å²) in [5, 5.41) is 3.05. The Morgan fingerprint density at radius 3 is 2.85 bits per heavy atom. The highest BCUT2D eigenvalue weighted by molar-refractivity contribution is 7.89. The van der Waals surface area contributed by atoms with Crippen molar-refractivity contribution in [3.8, 4) is 5.75 Å². The molecule has 0 radical (unpaired) electrons. The highest BCUT2D eigenvalue weighted by Gasteiger charge is 2.35. The van der Waals surface area contributed by atoms with E-state index in [-0.39, 0.29) is 29.3 Å². The average Bonchev–Trinajstić information content (AvgIpc) is 2.63. The highest BCUT2D eigenvalue weighted by Crippen LogP contribution is 2.25. The number of piperidine rings is 1. The van der Waals surface area contributed by atoms with E-state index in [1.807, 2.05) is 11.8 Å². The molecule has 2 fully saturated rings. The van der Waals surface area contributed by atoms with E-state index >= 15 is 0 Å². The van der Waals surface area contributed by atoms with Gasteiger partial charge in [0.15, 0.2) is 0 Å². The smallest absolute Gasteiger partial charge is 0.243 e. The van der Waals surface area contributed by atoms with Gasteiger partial charge in [0.25, 0.3) is 0 Å². The maximum absolute atomic E-state index is 13.0. The number of hydrogen-bond acceptors (Lipinski definition) is 5. The van der Waals surface area contributed by atoms with Crippen LogP contribution < -0.4 is 10.1 Å². The average molecular weight is 404 g/mol. The van der Waals surface area contributed by atoms with E-state index in [4.69, 9.17) is 4.74 Å². The third-order valence-corrected chi connectivity index (χ3v) is 6.54. The summed E-state index contributed by atoms with van der Waals surface area (Å²) >= 11 is 0. The summed E-state index contributed by atoms with van der Waals surface area (Å²) in [5.74, 6) is 0.600. The lowest BCUT2D eigenvalue weighted by Crippen LogP contribution is -2.57. The lowest BCUT2D eigenvalue weighted by molar-refractivity contribution is -0.135. The molecule has 2 aliphatic rings. The summed E-state index contributed by atoms with van der Waals surface area (Å²) in [6, 6.07) is 6.56. The van der Waals surface area contributed by atoms with Crippen molar-refractivity contribution in [3.05, 3.63) is 24.3 Å². The van der Waals surface area contributed by atoms with Gasteiger partial charge in [0, 0.05) is 38.3 Å². The first-order valence-electron chi connectivity index (χ1n) is 8.75. The number of carbonyl (C=O) groups excluding carboxylic acids is 1. The summed E-state index contributed by atoms with van der Waals surface area (Å²) in [4.78, 5) is 14.2. The standard InChI is InChI=1S/C17H25N3O4S.ClH/c1-2-24-15-6-3-7-16(11-15)25(22,23)19-9-4-5-14(13-19)20-10-8-18-12-17(20)21;/h3,6-7,11,14,18H,2,4-5,8-10,12-13H2,1H3;1H. The van der Waals surface area contributed by atoms with Crippen LogP contribution in [0, 0.1) is 0 Å². The minimum Gasteiger partial charge on any atom is -0.494 e. The van der Waals surface area contributed by atoms with E-state index in [0.717, 1.165) is 19.4 Å². The second-order valence-corrected chi connectivity index (χ2v) is 8.27. The van der Waals surface area contributed by atoms with Gasteiger partial charge in [-0.25, -0.2) is 8.42 Å². The molecule has 7 nitrogen and oxygen atoms in total. The number of nitrogens with one attached hydrogen (secondary N) is 1. The number of amides is 1. The molecule has 1 atom stereocenters. The van der Waals surface area contributed by atoms with E-state index in [0.29, 0.717) is 38.5 Å². The number of hydrogen-bond donors (Lipinski definition) is 1. The molecule has 1 aromatic carbocycles. The predicted molar refractivity (Wildman–Crippen MR) is 101 cm³/mol. The van der Waals surface area contributed by atoms with Crippen LogP contribution in [0.4, 0.5) is 0 Å². The zero-order valence-electron chi connectivity index (χ0n) is 14.9. The molecule has 0 aliphatic carbocycles. The Hall–Kier alpha value is -1.35. The fourth-order valence-corrected chi connectivity index (χ4v) is 4.99. The lowest BCUT2D eigenvalue weighted by Gasteiger charge is -2.40. The van der Waals surface area contributed by atoms with Crippen molar-refractivity contribution in [3.63, 3.8) is 0 Å². The molecule has 3 rings (SSSR count). The van der Waals surface area contributed by atoms with Crippen molar-refractivity contribution in [1.29, 1.82) is 0 Å². The van der Waals surface area contributed by atoms with Crippen LogP contribution in [-0.4, -0.2) is 68.9 Å². The first kappa shape index (κ1) is 21.0. The van der Waals surface area contributed by atoms with Gasteiger partial charge in [-0.3, -0.25) is 4.79 Å². The molecule has 26 heavy (non-hydrogen) atoms. The van der Waals surface area contributed by atoms with Crippen LogP contribution in [-0.2, 0) is 14.8 Å². The molecule has 1 unspecified atom stereocenters. The van der Waals surface area contributed by atoms with Gasteiger partial charge in [0.2, 0.25) is 15.9 Å². The Morgan fingerprint density at radius 1 is 1.31 bits per heavy atom. The van der Waals surface area contributed by atoms with Crippen LogP contribution >= 0.6 is 12.4 Å². The third-order valence-electron chi connectivity index (χ3n) is 4.68. The number of ether oxygens (including phenoxy) is 1. The Morgan fingerprint density at radius 2 is 2.12 bits per heavy atom. The number of sulfonamides is 1. The summed E-state index contributed by atoms with van der Waals surface area (Å²) in [7, 11) is -3.59. The van der Waals surface area contributed by atoms with Crippen LogP contribution in [0.2, 0.25) is 0 Å². The van der Waals surface area contributed by atoms with Crippen molar-refractivity contribution in [2.45, 2.75) is 30.7 Å². The quantitative estimate of drug-likeness (QED) is 0.796. The first-order valence-corrected chi connectivity index (χ1v) is 10.2. The number of carbonyl (C=O) groups is 1. The van der Waals surface area contributed by atoms with Crippen molar-refractivity contribution in [1.82, 2.24) is 14.5 Å². The number of benzene rings is 1. The van der Waals surface area contributed by atoms with Crippen molar-refractivity contribution < 1.29 is 17.9 Å². The van der Waals surface area contributed by atoms with E-state index in [1.54, 1.807) is 24.3 Å². The fourth-order valence-electron chi connectivity index (χ4n) is 3.44. The monoisotopic (exact) mass is 403 g/mol. The van der Waals surface area contributed by atoms with Crippen LogP contribution in [0.1, 0.15) is 19.8 Å². The zero-order chi connectivity index (χ0) is 17.9. The van der Waals surface area contributed by atoms with Crippen LogP contribution in [0.25, 0.3) is 0 Å². The molecule has 0 bridgehead atoms. The van der Waals surface area contributed by atoms with Gasteiger partial charge in [0.05, 0.1) is 18.0 Å². The minimum atomic E-state index is -3.59. The topological polar surface area (TPSA) is 79.0 Å². The molecule has 1 aromatic rings. The van der Waals surface area contributed by atoms with Gasteiger partial charge < -0.3 is 15.0 Å². The van der Waals surface area contributed by atoms with Gasteiger partial charge >= 0.3 is 0 Å². The van der Waals surface area contributed by atoms with E-state index in [2.05, 4.69) is 5.32 Å². The number of piperazine rings is 1. The van der Waals surface area contributed by atoms with Crippen molar-refractivity contribution >= 4 is 28.3 Å². The summed E-state index contributed by atoms with van der Waals surface area (Å²) in [6.45, 7) is 4.91. The number of rotatable bonds is 5. The lowest BCUT2D eigenvalue weighted by atomic mass is 10.1. The molecular weight excluding hydrogens is 378 g/mol. The van der Waals surface area contributed by atoms with Gasteiger partial charge in [-0.2, -0.15) is 4.31 Å². The molecule has 1 N–H and O–H groups in total. The molecule has 0 saturated carbocycles. The molecule has 2 heterocycles. The molecule has 146 valence electrons. The SMILES string of the molecule is CCOc1cccc(S(=O)(=O)N2CCCC(N3CCNCC3=O)C2)c1.Cl. The second-order valence-electron chi connectivity index (χ2n) is 6.33. The van der Waals surface area contributed by atoms with Gasteiger partial charge in [-0.15, -0.1) is 12.4 Å². The van der Waals surface area contributed by atoms with Gasteiger partial charge in [0.1, 0.15) is 5.75 Å². The fraction of sp³-hybridized carbons (Fsp3) is 0.588. The van der Waals surface area contributed by atoms with Crippen LogP contribution in [0.3, 0.4) is 0 Å². The van der Waals surface area contributed by atoms with Crippen molar-refractivity contribution in [2.24, 2.45) is 0 Å². The van der Waals surface area contributed by atoms with E-state index < -0.39 is 10.0 Å². The Labute approximate surface area is 161 Å². The Kier molecular flexibility index (Phi) is 7.28. The Bertz CT molecular complexity index is 728. The highest BCUT2D eigenvalue weighted by atomic mass is 35.5. The largest absolute Gasteiger partial charge is 0.494 e. The maximum atomic E-state index is 13.0. The van der Waals surface area contributed by atoms with Crippen LogP contribution in [0.5, 0.6) is 5.75 Å². The second kappa shape index (κ2) is 9.03. The first-order chi connectivity index (χ1) is 12.0. The van der Waals surface area contributed by atoms with Gasteiger partial charge in [-0.1, -0.05) is 6.07 Å². The number of nitrogens with zero attached hydrogens (tertiary/aromatic N) is 2. The molecule has 1 amide bonds. The molecule has 2 saturated heterocycles. The predicted octanol–water partition coefficient (Wildman–Crippen LogP) is 1.09. The molecule has 0 spiro atoms.